The smallest absolute Gasteiger partial charge is 0.308 e. The number of hydrogen-bond donors (Lipinski definition) is 1. The van der Waals surface area contributed by atoms with Gasteiger partial charge in [0, 0.05) is 37.1 Å². The van der Waals surface area contributed by atoms with E-state index in [1.165, 1.54) is 11.3 Å². The first-order valence-electron chi connectivity index (χ1n) is 9.79. The van der Waals surface area contributed by atoms with E-state index in [1.807, 2.05) is 23.6 Å². The van der Waals surface area contributed by atoms with Gasteiger partial charge in [-0.1, -0.05) is 37.2 Å². The van der Waals surface area contributed by atoms with Crippen LogP contribution >= 0.6 is 11.3 Å². The maximum Gasteiger partial charge on any atom is 0.308 e. The van der Waals surface area contributed by atoms with Gasteiger partial charge in [0.2, 0.25) is 5.91 Å². The molecule has 0 atom stereocenters. The van der Waals surface area contributed by atoms with Crippen molar-refractivity contribution in [3.05, 3.63) is 39.4 Å². The van der Waals surface area contributed by atoms with E-state index in [-0.39, 0.29) is 16.7 Å². The van der Waals surface area contributed by atoms with Gasteiger partial charge in [0.25, 0.3) is 0 Å². The van der Waals surface area contributed by atoms with Crippen molar-refractivity contribution >= 4 is 17.2 Å². The normalized spacial score (nSPS) is 15.7. The minimum Gasteiger partial charge on any atom is -0.356 e. The fraction of sp³-hybridized carbons (Fsp3) is 0.550. The van der Waals surface area contributed by atoms with Crippen LogP contribution in [0, 0.1) is 5.92 Å². The lowest BCUT2D eigenvalue weighted by atomic mass is 9.96. The van der Waals surface area contributed by atoms with Crippen molar-refractivity contribution in [2.75, 3.05) is 19.6 Å². The summed E-state index contributed by atoms with van der Waals surface area (Å²) in [7, 11) is 0. The summed E-state index contributed by atoms with van der Waals surface area (Å²) in [4.78, 5) is 31.2. The average molecular weight is 389 g/mol. The Labute approximate surface area is 164 Å². The van der Waals surface area contributed by atoms with Crippen LogP contribution < -0.4 is 10.2 Å². The van der Waals surface area contributed by atoms with E-state index in [4.69, 9.17) is 0 Å². The van der Waals surface area contributed by atoms with Gasteiger partial charge < -0.3 is 5.32 Å². The molecule has 1 saturated heterocycles. The number of piperidine rings is 1. The molecule has 2 aromatic heterocycles. The first kappa shape index (κ1) is 19.8. The molecule has 1 amide bonds. The number of carbonyl (C=O) groups is 1. The Hall–Kier alpha value is -1.99. The van der Waals surface area contributed by atoms with E-state index in [2.05, 4.69) is 22.1 Å². The third-order valence-electron chi connectivity index (χ3n) is 5.09. The number of amides is 1. The maximum atomic E-state index is 12.3. The fourth-order valence-corrected chi connectivity index (χ4v) is 4.19. The molecule has 3 rings (SSSR count). The zero-order chi connectivity index (χ0) is 19.1. The average Bonchev–Trinajstić information content (AvgIpc) is 3.07. The second-order valence-electron chi connectivity index (χ2n) is 7.06. The Morgan fingerprint density at radius 2 is 2.11 bits per heavy atom. The monoisotopic (exact) mass is 388 g/mol. The van der Waals surface area contributed by atoms with Crippen molar-refractivity contribution in [2.24, 2.45) is 5.92 Å². The summed E-state index contributed by atoms with van der Waals surface area (Å²) < 4.78 is 1.79. The van der Waals surface area contributed by atoms with Gasteiger partial charge in [-0.2, -0.15) is 0 Å². The summed E-state index contributed by atoms with van der Waals surface area (Å²) in [5.41, 5.74) is 1.68. The third kappa shape index (κ3) is 5.26. The van der Waals surface area contributed by atoms with Gasteiger partial charge in [-0.15, -0.1) is 0 Å². The van der Waals surface area contributed by atoms with Gasteiger partial charge >= 0.3 is 4.87 Å². The van der Waals surface area contributed by atoms with Crippen LogP contribution in [0.2, 0.25) is 0 Å². The highest BCUT2D eigenvalue weighted by Crippen LogP contribution is 2.21. The van der Waals surface area contributed by atoms with Crippen LogP contribution in [-0.2, 0) is 11.5 Å². The minimum atomic E-state index is 0.0337. The number of nitrogens with zero attached hydrogens (tertiary/aromatic N) is 3. The molecule has 1 aliphatic heterocycles. The van der Waals surface area contributed by atoms with E-state index in [1.54, 1.807) is 10.8 Å². The predicted molar refractivity (Wildman–Crippen MR) is 109 cm³/mol. The molecule has 7 heteroatoms. The fourth-order valence-electron chi connectivity index (χ4n) is 3.45. The van der Waals surface area contributed by atoms with E-state index >= 15 is 0 Å². The summed E-state index contributed by atoms with van der Waals surface area (Å²) in [6.45, 7) is 5.16. The lowest BCUT2D eigenvalue weighted by Gasteiger charge is -2.31. The molecule has 1 fully saturated rings. The Morgan fingerprint density at radius 3 is 2.81 bits per heavy atom. The predicted octanol–water partition coefficient (Wildman–Crippen LogP) is 2.95. The number of aromatic nitrogens is 2. The lowest BCUT2D eigenvalue weighted by molar-refractivity contribution is -0.126. The number of nitrogens with one attached hydrogen (secondary N) is 1. The van der Waals surface area contributed by atoms with Crippen molar-refractivity contribution in [2.45, 2.75) is 45.7 Å². The highest BCUT2D eigenvalue weighted by Gasteiger charge is 2.25. The zero-order valence-electron chi connectivity index (χ0n) is 15.9. The van der Waals surface area contributed by atoms with Crippen molar-refractivity contribution in [1.82, 2.24) is 19.8 Å². The standard InChI is InChI=1S/C20H28N4O2S/c1-2-3-5-11-22-19(25)16-8-12-23(13-9-16)15-24-18(14-27-20(24)26)17-7-4-6-10-21-17/h4,6-7,10,14,16H,2-3,5,8-9,11-13,15H2,1H3,(H,22,25). The summed E-state index contributed by atoms with van der Waals surface area (Å²) in [6, 6.07) is 5.73. The molecule has 0 radical (unpaired) electrons. The minimum absolute atomic E-state index is 0.0337. The van der Waals surface area contributed by atoms with Crippen molar-refractivity contribution in [3.63, 3.8) is 0 Å². The number of rotatable bonds is 8. The topological polar surface area (TPSA) is 67.2 Å². The second kappa shape index (κ2) is 9.80. The van der Waals surface area contributed by atoms with E-state index < -0.39 is 0 Å². The Balaban J connectivity index is 1.54. The first-order chi connectivity index (χ1) is 13.2. The molecule has 6 nitrogen and oxygen atoms in total. The Kier molecular flexibility index (Phi) is 7.18. The van der Waals surface area contributed by atoms with Crippen LogP contribution in [0.4, 0.5) is 0 Å². The Morgan fingerprint density at radius 1 is 1.30 bits per heavy atom. The van der Waals surface area contributed by atoms with Crippen molar-refractivity contribution in [1.29, 1.82) is 0 Å². The van der Waals surface area contributed by atoms with Crippen LogP contribution in [0.5, 0.6) is 0 Å². The van der Waals surface area contributed by atoms with Gasteiger partial charge in [-0.05, 0) is 31.4 Å². The quantitative estimate of drug-likeness (QED) is 0.706. The number of likely N-dealkylation sites (tertiary alicyclic amines) is 1. The summed E-state index contributed by atoms with van der Waals surface area (Å²) in [6.07, 6.45) is 6.81. The van der Waals surface area contributed by atoms with Gasteiger partial charge in [-0.3, -0.25) is 24.0 Å². The molecule has 0 unspecified atom stereocenters. The lowest BCUT2D eigenvalue weighted by Crippen LogP contribution is -2.42. The number of thiazole rings is 1. The number of carbonyl (C=O) groups excluding carboxylic acids is 1. The summed E-state index contributed by atoms with van der Waals surface area (Å²) in [5.74, 6) is 0.282. The molecule has 2 aromatic rings. The molecular formula is C20H28N4O2S. The van der Waals surface area contributed by atoms with E-state index in [9.17, 15) is 9.59 Å². The van der Waals surface area contributed by atoms with Gasteiger partial charge in [0.1, 0.15) is 0 Å². The zero-order valence-corrected chi connectivity index (χ0v) is 16.7. The van der Waals surface area contributed by atoms with Gasteiger partial charge in [-0.25, -0.2) is 0 Å². The molecule has 1 aliphatic rings. The number of pyridine rings is 1. The largest absolute Gasteiger partial charge is 0.356 e. The van der Waals surface area contributed by atoms with Crippen LogP contribution in [0.3, 0.4) is 0 Å². The van der Waals surface area contributed by atoms with Crippen molar-refractivity contribution < 1.29 is 4.79 Å². The van der Waals surface area contributed by atoms with Crippen LogP contribution in [0.15, 0.2) is 34.6 Å². The van der Waals surface area contributed by atoms with Gasteiger partial charge in [0.15, 0.2) is 0 Å². The van der Waals surface area contributed by atoms with E-state index in [0.29, 0.717) is 6.67 Å². The van der Waals surface area contributed by atoms with Crippen LogP contribution in [0.25, 0.3) is 11.4 Å². The molecule has 27 heavy (non-hydrogen) atoms. The van der Waals surface area contributed by atoms with Crippen LogP contribution in [-0.4, -0.2) is 40.0 Å². The molecule has 0 saturated carbocycles. The number of hydrogen-bond acceptors (Lipinski definition) is 5. The first-order valence-corrected chi connectivity index (χ1v) is 10.7. The highest BCUT2D eigenvalue weighted by atomic mass is 32.1. The van der Waals surface area contributed by atoms with Crippen LogP contribution in [0.1, 0.15) is 39.0 Å². The molecular weight excluding hydrogens is 360 g/mol. The molecule has 146 valence electrons. The SMILES string of the molecule is CCCCCNC(=O)C1CCN(Cn2c(-c3ccccn3)csc2=O)CC1. The second-order valence-corrected chi connectivity index (χ2v) is 7.88. The molecule has 0 aromatic carbocycles. The van der Waals surface area contributed by atoms with E-state index in [0.717, 1.165) is 63.1 Å². The van der Waals surface area contributed by atoms with Gasteiger partial charge in [0.05, 0.1) is 18.1 Å². The molecule has 1 N–H and O–H groups in total. The Bertz CT molecular complexity index is 779. The molecule has 0 aliphatic carbocycles. The summed E-state index contributed by atoms with van der Waals surface area (Å²) in [5, 5.41) is 4.94. The number of unbranched alkanes of at least 4 members (excludes halogenated alkanes) is 2. The van der Waals surface area contributed by atoms with Crippen molar-refractivity contribution in [3.8, 4) is 11.4 Å². The molecule has 3 heterocycles. The third-order valence-corrected chi connectivity index (χ3v) is 5.85. The maximum absolute atomic E-state index is 12.3. The summed E-state index contributed by atoms with van der Waals surface area (Å²) >= 11 is 1.21. The molecule has 0 bridgehead atoms. The molecule has 0 spiro atoms. The highest BCUT2D eigenvalue weighted by molar-refractivity contribution is 7.07.